The molecule has 2 heteroatoms. The van der Waals surface area contributed by atoms with E-state index in [2.05, 4.69) is 162 Å². The Kier molecular flexibility index (Phi) is 8.12. The van der Waals surface area contributed by atoms with Gasteiger partial charge in [0.25, 0.3) is 0 Å². The van der Waals surface area contributed by atoms with Gasteiger partial charge >= 0.3 is 0 Å². The molecule has 3 aliphatic rings. The lowest BCUT2D eigenvalue weighted by molar-refractivity contribution is 0.112. The number of nitrogens with zero attached hydrogens (tertiary/aromatic N) is 1. The Balaban J connectivity index is 1.29. The number of hydrogen-bond donors (Lipinski definition) is 0. The molecule has 0 spiro atoms. The van der Waals surface area contributed by atoms with Gasteiger partial charge in [-0.2, -0.15) is 0 Å². The first-order valence-electron chi connectivity index (χ1n) is 20.4. The standard InChI is InChI=1S/C52H51NO/c1-7-50(8-2)44-19-15-13-17-38(44)41-26-22-35(30-47(41)50)53(36-23-27-42-39-18-14-16-20-45(39)51(9-3,10-4)48(42)31-36)37-24-28-43-40-25-21-34(33-54)29-46(40)52(11-5,12-6)49(43)32-37/h13-33H,7-12H2,1-6H3. The molecule has 6 aromatic carbocycles. The lowest BCUT2D eigenvalue weighted by Gasteiger charge is -2.34. The summed E-state index contributed by atoms with van der Waals surface area (Å²) in [7, 11) is 0. The second-order valence-electron chi connectivity index (χ2n) is 15.9. The van der Waals surface area contributed by atoms with Crippen molar-refractivity contribution in [3.63, 3.8) is 0 Å². The van der Waals surface area contributed by atoms with Gasteiger partial charge in [-0.15, -0.1) is 0 Å². The number of fused-ring (bicyclic) bond motifs is 9. The highest BCUT2D eigenvalue weighted by Gasteiger charge is 2.44. The van der Waals surface area contributed by atoms with Gasteiger partial charge in [0.05, 0.1) is 0 Å². The van der Waals surface area contributed by atoms with Crippen LogP contribution in [0.3, 0.4) is 0 Å². The van der Waals surface area contributed by atoms with Crippen LogP contribution >= 0.6 is 0 Å². The molecule has 54 heavy (non-hydrogen) atoms. The van der Waals surface area contributed by atoms with Gasteiger partial charge in [-0.05, 0) is 148 Å². The molecule has 0 bridgehead atoms. The van der Waals surface area contributed by atoms with E-state index in [0.717, 1.165) is 50.4 Å². The van der Waals surface area contributed by atoms with Gasteiger partial charge in [0, 0.05) is 38.9 Å². The molecule has 0 heterocycles. The molecule has 0 amide bonds. The number of anilines is 3. The van der Waals surface area contributed by atoms with Crippen LogP contribution in [0.4, 0.5) is 17.1 Å². The molecule has 270 valence electrons. The highest BCUT2D eigenvalue weighted by molar-refractivity contribution is 5.91. The summed E-state index contributed by atoms with van der Waals surface area (Å²) in [5.74, 6) is 0. The van der Waals surface area contributed by atoms with Gasteiger partial charge < -0.3 is 4.90 Å². The molecule has 6 aromatic rings. The topological polar surface area (TPSA) is 20.3 Å². The maximum Gasteiger partial charge on any atom is 0.150 e. The number of hydrogen-bond acceptors (Lipinski definition) is 2. The van der Waals surface area contributed by atoms with Gasteiger partial charge in [-0.3, -0.25) is 4.79 Å². The first kappa shape index (κ1) is 34.6. The third kappa shape index (κ3) is 4.43. The predicted molar refractivity (Wildman–Crippen MR) is 227 cm³/mol. The summed E-state index contributed by atoms with van der Waals surface area (Å²) in [4.78, 5) is 14.5. The van der Waals surface area contributed by atoms with Crippen LogP contribution < -0.4 is 4.90 Å². The third-order valence-corrected chi connectivity index (χ3v) is 14.4. The highest BCUT2D eigenvalue weighted by Crippen LogP contribution is 2.58. The minimum atomic E-state index is -0.163. The van der Waals surface area contributed by atoms with Gasteiger partial charge in [0.2, 0.25) is 0 Å². The van der Waals surface area contributed by atoms with Gasteiger partial charge in [-0.1, -0.05) is 120 Å². The van der Waals surface area contributed by atoms with Crippen LogP contribution in [0.2, 0.25) is 0 Å². The normalized spacial score (nSPS) is 15.8. The van der Waals surface area contributed by atoms with Crippen molar-refractivity contribution in [2.45, 2.75) is 96.3 Å². The summed E-state index contributed by atoms with van der Waals surface area (Å²) in [6, 6.07) is 46.1. The lowest BCUT2D eigenvalue weighted by atomic mass is 9.73. The molecule has 0 atom stereocenters. The minimum Gasteiger partial charge on any atom is -0.310 e. The zero-order valence-corrected chi connectivity index (χ0v) is 32.7. The predicted octanol–water partition coefficient (Wildman–Crippen LogP) is 14.2. The summed E-state index contributed by atoms with van der Waals surface area (Å²) >= 11 is 0. The van der Waals surface area contributed by atoms with Crippen molar-refractivity contribution in [1.82, 2.24) is 0 Å². The van der Waals surface area contributed by atoms with E-state index in [1.165, 1.54) is 83.8 Å². The highest BCUT2D eigenvalue weighted by atomic mass is 16.1. The summed E-state index contributed by atoms with van der Waals surface area (Å²) in [5.41, 5.74) is 20.6. The number of aldehydes is 1. The molecular weight excluding hydrogens is 655 g/mol. The van der Waals surface area contributed by atoms with E-state index < -0.39 is 0 Å². The van der Waals surface area contributed by atoms with Crippen molar-refractivity contribution in [3.8, 4) is 33.4 Å². The Labute approximate surface area is 321 Å². The fourth-order valence-electron chi connectivity index (χ4n) is 11.4. The average Bonchev–Trinajstić information content (AvgIpc) is 3.79. The summed E-state index contributed by atoms with van der Waals surface area (Å²) in [6.45, 7) is 14.0. The minimum absolute atomic E-state index is 0.0256. The molecule has 0 radical (unpaired) electrons. The SMILES string of the molecule is CCC1(CC)c2ccccc2-c2ccc(N(c3ccc4c(c3)C(CC)(CC)c3ccccc3-4)c3ccc4c(c3)C(CC)(CC)c3cc(C=O)ccc3-4)cc21. The zero-order valence-electron chi connectivity index (χ0n) is 32.7. The van der Waals surface area contributed by atoms with E-state index in [0.29, 0.717) is 0 Å². The molecule has 0 aromatic heterocycles. The van der Waals surface area contributed by atoms with Crippen molar-refractivity contribution in [2.75, 3.05) is 4.90 Å². The van der Waals surface area contributed by atoms with Crippen LogP contribution in [0, 0.1) is 0 Å². The first-order valence-corrected chi connectivity index (χ1v) is 20.4. The van der Waals surface area contributed by atoms with E-state index in [4.69, 9.17) is 0 Å². The molecule has 0 aliphatic heterocycles. The molecule has 2 nitrogen and oxygen atoms in total. The van der Waals surface area contributed by atoms with Crippen molar-refractivity contribution in [1.29, 1.82) is 0 Å². The second kappa shape index (κ2) is 12.7. The van der Waals surface area contributed by atoms with E-state index in [1.807, 2.05) is 6.07 Å². The Morgan fingerprint density at radius 1 is 0.389 bits per heavy atom. The summed E-state index contributed by atoms with van der Waals surface area (Å²) in [6.07, 6.45) is 7.14. The van der Waals surface area contributed by atoms with Crippen molar-refractivity contribution < 1.29 is 4.79 Å². The number of carbonyl (C=O) groups is 1. The van der Waals surface area contributed by atoms with Crippen molar-refractivity contribution >= 4 is 23.3 Å². The van der Waals surface area contributed by atoms with Crippen LogP contribution in [0.15, 0.2) is 121 Å². The monoisotopic (exact) mass is 705 g/mol. The number of rotatable bonds is 10. The van der Waals surface area contributed by atoms with E-state index in [-0.39, 0.29) is 16.2 Å². The lowest BCUT2D eigenvalue weighted by Crippen LogP contribution is -2.25. The largest absolute Gasteiger partial charge is 0.310 e. The summed E-state index contributed by atoms with van der Waals surface area (Å²) < 4.78 is 0. The fourth-order valence-corrected chi connectivity index (χ4v) is 11.4. The smallest absolute Gasteiger partial charge is 0.150 e. The second-order valence-corrected chi connectivity index (χ2v) is 15.9. The van der Waals surface area contributed by atoms with E-state index in [9.17, 15) is 4.79 Å². The quantitative estimate of drug-likeness (QED) is 0.132. The van der Waals surface area contributed by atoms with E-state index in [1.54, 1.807) is 0 Å². The van der Waals surface area contributed by atoms with Gasteiger partial charge in [-0.25, -0.2) is 0 Å². The number of benzene rings is 6. The van der Waals surface area contributed by atoms with Crippen molar-refractivity contribution in [3.05, 3.63) is 160 Å². The Hall–Kier alpha value is -5.21. The van der Waals surface area contributed by atoms with Crippen LogP contribution in [-0.2, 0) is 16.2 Å². The van der Waals surface area contributed by atoms with Crippen LogP contribution in [0.1, 0.15) is 124 Å². The molecule has 0 unspecified atom stereocenters. The molecule has 0 N–H and O–H groups in total. The molecule has 9 rings (SSSR count). The van der Waals surface area contributed by atoms with Gasteiger partial charge in [0.15, 0.2) is 0 Å². The van der Waals surface area contributed by atoms with E-state index >= 15 is 0 Å². The first-order chi connectivity index (χ1) is 26.4. The fraction of sp³-hybridized carbons (Fsp3) is 0.288. The molecule has 0 saturated carbocycles. The Morgan fingerprint density at radius 3 is 1.07 bits per heavy atom. The average molecular weight is 706 g/mol. The maximum absolute atomic E-state index is 12.0. The third-order valence-electron chi connectivity index (χ3n) is 14.4. The molecule has 0 fully saturated rings. The molecule has 0 saturated heterocycles. The summed E-state index contributed by atoms with van der Waals surface area (Å²) in [5, 5.41) is 0. The van der Waals surface area contributed by atoms with Crippen molar-refractivity contribution in [2.24, 2.45) is 0 Å². The molecular formula is C52H51NO. The van der Waals surface area contributed by atoms with Gasteiger partial charge in [0.1, 0.15) is 6.29 Å². The van der Waals surface area contributed by atoms with Crippen LogP contribution in [0.25, 0.3) is 33.4 Å². The van der Waals surface area contributed by atoms with Crippen LogP contribution in [0.5, 0.6) is 0 Å². The zero-order chi connectivity index (χ0) is 37.4. The Bertz CT molecular complexity index is 2340. The maximum atomic E-state index is 12.0. The molecule has 3 aliphatic carbocycles. The Morgan fingerprint density at radius 2 is 0.704 bits per heavy atom. The van der Waals surface area contributed by atoms with Crippen LogP contribution in [-0.4, -0.2) is 6.29 Å². The number of carbonyl (C=O) groups excluding carboxylic acids is 1.